The van der Waals surface area contributed by atoms with Crippen molar-refractivity contribution in [3.8, 4) is 0 Å². The van der Waals surface area contributed by atoms with Crippen LogP contribution >= 0.6 is 23.2 Å². The predicted molar refractivity (Wildman–Crippen MR) is 149 cm³/mol. The molecule has 1 aromatic heterocycles. The maximum absolute atomic E-state index is 11.9. The van der Waals surface area contributed by atoms with Crippen LogP contribution in [0.1, 0.15) is 42.1 Å². The first-order chi connectivity index (χ1) is 17.5. The van der Waals surface area contributed by atoms with Crippen LogP contribution < -0.4 is 15.4 Å². The van der Waals surface area contributed by atoms with Crippen molar-refractivity contribution in [1.29, 1.82) is 0 Å². The van der Waals surface area contributed by atoms with E-state index in [1.807, 2.05) is 6.07 Å². The highest BCUT2D eigenvalue weighted by atomic mass is 35.5. The van der Waals surface area contributed by atoms with Crippen LogP contribution in [0, 0.1) is 0 Å². The molecule has 0 spiro atoms. The molecule has 0 saturated carbocycles. The quantitative estimate of drug-likeness (QED) is 0.501. The van der Waals surface area contributed by atoms with E-state index >= 15 is 0 Å². The van der Waals surface area contributed by atoms with Crippen LogP contribution in [0.25, 0.3) is 0 Å². The van der Waals surface area contributed by atoms with Gasteiger partial charge in [0.05, 0.1) is 23.2 Å². The predicted octanol–water partition coefficient (Wildman–Crippen LogP) is 3.42. The number of nitrogens with one attached hydrogen (secondary N) is 1. The molecule has 1 aromatic carbocycles. The molecule has 0 unspecified atom stereocenters. The molecule has 1 atom stereocenters. The Balaban J connectivity index is 1.35. The SMILES string of the molecule is CC[C@H]1CN(c2ncc(NS(C)(=O)=O)cc2Cl)CCN1C1CCN(Cc2ccc(Cl)cc2C(N)=O)CC1. The molecule has 12 heteroatoms. The van der Waals surface area contributed by atoms with Gasteiger partial charge in [-0.1, -0.05) is 36.2 Å². The maximum Gasteiger partial charge on any atom is 0.249 e. The molecule has 202 valence electrons. The largest absolute Gasteiger partial charge is 0.366 e. The van der Waals surface area contributed by atoms with Gasteiger partial charge < -0.3 is 10.6 Å². The molecule has 2 aliphatic heterocycles. The zero-order chi connectivity index (χ0) is 26.7. The number of carbonyl (C=O) groups excluding carboxylic acids is 1. The lowest BCUT2D eigenvalue weighted by molar-refractivity contribution is 0.0609. The topological polar surface area (TPSA) is 112 Å². The monoisotopic (exact) mass is 568 g/mol. The number of benzene rings is 1. The van der Waals surface area contributed by atoms with Crippen molar-refractivity contribution in [1.82, 2.24) is 14.8 Å². The number of anilines is 2. The van der Waals surface area contributed by atoms with Crippen molar-refractivity contribution in [2.24, 2.45) is 5.73 Å². The van der Waals surface area contributed by atoms with Crippen LogP contribution in [0.4, 0.5) is 11.5 Å². The van der Waals surface area contributed by atoms with Gasteiger partial charge in [-0.05, 0) is 56.1 Å². The summed E-state index contributed by atoms with van der Waals surface area (Å²) < 4.78 is 25.4. The molecular formula is C25H34Cl2N6O3S. The Bertz CT molecular complexity index is 1240. The van der Waals surface area contributed by atoms with Crippen molar-refractivity contribution >= 4 is 50.6 Å². The van der Waals surface area contributed by atoms with Crippen LogP contribution in [0.15, 0.2) is 30.5 Å². The van der Waals surface area contributed by atoms with Gasteiger partial charge >= 0.3 is 0 Å². The second-order valence-electron chi connectivity index (χ2n) is 9.82. The normalized spacial score (nSPS) is 20.2. The molecule has 2 fully saturated rings. The lowest BCUT2D eigenvalue weighted by Crippen LogP contribution is -2.58. The number of aromatic nitrogens is 1. The fourth-order valence-corrected chi connectivity index (χ4v) is 6.40. The third-order valence-corrected chi connectivity index (χ3v) is 8.30. The van der Waals surface area contributed by atoms with Crippen molar-refractivity contribution in [2.75, 3.05) is 48.6 Å². The number of piperazine rings is 1. The molecule has 1 amide bonds. The van der Waals surface area contributed by atoms with Crippen molar-refractivity contribution in [3.63, 3.8) is 0 Å². The molecule has 37 heavy (non-hydrogen) atoms. The Morgan fingerprint density at radius 3 is 2.51 bits per heavy atom. The standard InChI is InChI=1S/C25H34Cl2N6O3S/c1-3-20-16-32(25-23(27)13-19(14-29-25)30-37(2,35)36)10-11-33(20)21-6-8-31(9-7-21)15-17-4-5-18(26)12-22(17)24(28)34/h4-5,12-14,20-21,30H,3,6-11,15-16H2,1-2H3,(H2,28,34)/t20-/m0/s1. The van der Waals surface area contributed by atoms with E-state index in [1.165, 1.54) is 6.20 Å². The van der Waals surface area contributed by atoms with Crippen LogP contribution in [0.5, 0.6) is 0 Å². The van der Waals surface area contributed by atoms with Crippen LogP contribution in [-0.2, 0) is 16.6 Å². The molecule has 3 heterocycles. The number of halogens is 2. The summed E-state index contributed by atoms with van der Waals surface area (Å²) in [7, 11) is -3.39. The van der Waals surface area contributed by atoms with Gasteiger partial charge in [-0.3, -0.25) is 19.3 Å². The van der Waals surface area contributed by atoms with E-state index in [-0.39, 0.29) is 0 Å². The van der Waals surface area contributed by atoms with Crippen LogP contribution in [0.2, 0.25) is 10.0 Å². The highest BCUT2D eigenvalue weighted by Gasteiger charge is 2.34. The molecule has 9 nitrogen and oxygen atoms in total. The number of pyridine rings is 1. The van der Waals surface area contributed by atoms with Gasteiger partial charge in [0.15, 0.2) is 0 Å². The van der Waals surface area contributed by atoms with Gasteiger partial charge in [-0.15, -0.1) is 0 Å². The first-order valence-corrected chi connectivity index (χ1v) is 15.1. The minimum Gasteiger partial charge on any atom is -0.366 e. The van der Waals surface area contributed by atoms with Crippen molar-refractivity contribution in [2.45, 2.75) is 44.8 Å². The van der Waals surface area contributed by atoms with E-state index in [9.17, 15) is 13.2 Å². The van der Waals surface area contributed by atoms with E-state index in [0.29, 0.717) is 45.7 Å². The zero-order valence-corrected chi connectivity index (χ0v) is 23.5. The summed E-state index contributed by atoms with van der Waals surface area (Å²) in [6.07, 6.45) is 5.73. The van der Waals surface area contributed by atoms with Gasteiger partial charge in [-0.2, -0.15) is 0 Å². The van der Waals surface area contributed by atoms with Gasteiger partial charge in [0.2, 0.25) is 15.9 Å². The number of primary amides is 1. The number of carbonyl (C=O) groups is 1. The van der Waals surface area contributed by atoms with Gasteiger partial charge in [0.1, 0.15) is 5.82 Å². The zero-order valence-electron chi connectivity index (χ0n) is 21.2. The van der Waals surface area contributed by atoms with Gasteiger partial charge in [0.25, 0.3) is 0 Å². The van der Waals surface area contributed by atoms with Crippen LogP contribution in [0.3, 0.4) is 0 Å². The summed E-state index contributed by atoms with van der Waals surface area (Å²) in [4.78, 5) is 23.5. The first kappa shape index (κ1) is 27.9. The van der Waals surface area contributed by atoms with Crippen molar-refractivity contribution in [3.05, 3.63) is 51.6 Å². The maximum atomic E-state index is 11.9. The summed E-state index contributed by atoms with van der Waals surface area (Å²) in [5.74, 6) is 0.230. The third kappa shape index (κ3) is 7.06. The summed E-state index contributed by atoms with van der Waals surface area (Å²) in [6.45, 7) is 7.31. The Hall–Kier alpha value is -2.11. The van der Waals surface area contributed by atoms with E-state index in [4.69, 9.17) is 28.9 Å². The summed E-state index contributed by atoms with van der Waals surface area (Å²) in [6, 6.07) is 7.82. The lowest BCUT2D eigenvalue weighted by Gasteiger charge is -2.47. The number of hydrogen-bond acceptors (Lipinski definition) is 7. The van der Waals surface area contributed by atoms with Crippen LogP contribution in [-0.4, -0.2) is 80.2 Å². The molecule has 3 N–H and O–H groups in total. The minimum atomic E-state index is -3.39. The number of rotatable bonds is 8. The Kier molecular flexibility index (Phi) is 8.85. The number of nitrogens with two attached hydrogens (primary N) is 1. The average Bonchev–Trinajstić information content (AvgIpc) is 2.84. The lowest BCUT2D eigenvalue weighted by atomic mass is 9.97. The molecule has 2 saturated heterocycles. The molecule has 0 bridgehead atoms. The molecular weight excluding hydrogens is 535 g/mol. The summed E-state index contributed by atoms with van der Waals surface area (Å²) in [5.41, 5.74) is 7.33. The second-order valence-corrected chi connectivity index (χ2v) is 12.4. The molecule has 0 radical (unpaired) electrons. The number of likely N-dealkylation sites (tertiary alicyclic amines) is 1. The minimum absolute atomic E-state index is 0.357. The fourth-order valence-electron chi connectivity index (χ4n) is 5.41. The van der Waals surface area contributed by atoms with E-state index in [1.54, 1.807) is 18.2 Å². The van der Waals surface area contributed by atoms with Gasteiger partial charge in [-0.25, -0.2) is 13.4 Å². The Labute approximate surface area is 229 Å². The molecule has 0 aliphatic carbocycles. The number of piperidine rings is 1. The summed E-state index contributed by atoms with van der Waals surface area (Å²) in [5, 5.41) is 0.946. The highest BCUT2D eigenvalue weighted by molar-refractivity contribution is 7.92. The van der Waals surface area contributed by atoms with Gasteiger partial charge in [0, 0.05) is 48.8 Å². The third-order valence-electron chi connectivity index (χ3n) is 7.18. The number of sulfonamides is 1. The molecule has 4 rings (SSSR count). The number of nitrogens with zero attached hydrogens (tertiary/aromatic N) is 4. The van der Waals surface area contributed by atoms with E-state index < -0.39 is 15.9 Å². The number of hydrogen-bond donors (Lipinski definition) is 2. The van der Waals surface area contributed by atoms with E-state index in [2.05, 4.69) is 31.3 Å². The second kappa shape index (κ2) is 11.7. The highest BCUT2D eigenvalue weighted by Crippen LogP contribution is 2.31. The first-order valence-electron chi connectivity index (χ1n) is 12.5. The van der Waals surface area contributed by atoms with E-state index in [0.717, 1.165) is 63.8 Å². The summed E-state index contributed by atoms with van der Waals surface area (Å²) >= 11 is 12.6. The average molecular weight is 570 g/mol. The Morgan fingerprint density at radius 1 is 1.16 bits per heavy atom. The molecule has 2 aromatic rings. The smallest absolute Gasteiger partial charge is 0.249 e. The fraction of sp³-hybridized carbons (Fsp3) is 0.520. The Morgan fingerprint density at radius 2 is 1.89 bits per heavy atom. The molecule has 2 aliphatic rings. The number of amides is 1. The van der Waals surface area contributed by atoms with Crippen molar-refractivity contribution < 1.29 is 13.2 Å².